The van der Waals surface area contributed by atoms with Gasteiger partial charge in [0, 0.05) is 17.4 Å². The minimum absolute atomic E-state index is 0.618. The van der Waals surface area contributed by atoms with Crippen molar-refractivity contribution in [2.75, 3.05) is 0 Å². The van der Waals surface area contributed by atoms with Gasteiger partial charge in [-0.15, -0.1) is 6.58 Å². The first-order valence-electron chi connectivity index (χ1n) is 12.0. The molecule has 0 atom stereocenters. The van der Waals surface area contributed by atoms with E-state index in [0.29, 0.717) is 6.04 Å². The summed E-state index contributed by atoms with van der Waals surface area (Å²) >= 11 is 0. The summed E-state index contributed by atoms with van der Waals surface area (Å²) in [6, 6.07) is 10.8. The zero-order valence-corrected chi connectivity index (χ0v) is 21.7. The predicted octanol–water partition coefficient (Wildman–Crippen LogP) is 9.88. The van der Waals surface area contributed by atoms with E-state index in [-0.39, 0.29) is 0 Å². The van der Waals surface area contributed by atoms with Crippen LogP contribution in [0, 0.1) is 0 Å². The van der Waals surface area contributed by atoms with Crippen LogP contribution in [-0.2, 0) is 0 Å². The van der Waals surface area contributed by atoms with Gasteiger partial charge in [-0.2, -0.15) is 0 Å². The van der Waals surface area contributed by atoms with Gasteiger partial charge in [0.2, 0.25) is 0 Å². The van der Waals surface area contributed by atoms with Crippen molar-refractivity contribution in [1.29, 1.82) is 0 Å². The van der Waals surface area contributed by atoms with Gasteiger partial charge >= 0.3 is 0 Å². The molecule has 32 heavy (non-hydrogen) atoms. The largest absolute Gasteiger partial charge is 0.342 e. The summed E-state index contributed by atoms with van der Waals surface area (Å²) in [5.74, 6) is 0. The Kier molecular flexibility index (Phi) is 15.7. The van der Waals surface area contributed by atoms with Crippen LogP contribution in [0.5, 0.6) is 0 Å². The maximum Gasteiger partial charge on any atom is 0.0439 e. The molecular weight excluding hydrogens is 386 g/mol. The van der Waals surface area contributed by atoms with Gasteiger partial charge in [0.15, 0.2) is 0 Å². The first kappa shape index (κ1) is 29.5. The Balaban J connectivity index is 0.000000608. The van der Waals surface area contributed by atoms with Crippen molar-refractivity contribution in [3.05, 3.63) is 103 Å². The fraction of sp³-hybridized carbons (Fsp3) is 0.419. The molecule has 0 radical (unpaired) electrons. The average molecular weight is 434 g/mol. The van der Waals surface area contributed by atoms with Crippen LogP contribution in [0.1, 0.15) is 85.6 Å². The molecule has 1 aromatic rings. The molecule has 2 rings (SSSR count). The van der Waals surface area contributed by atoms with Gasteiger partial charge in [-0.3, -0.25) is 0 Å². The van der Waals surface area contributed by atoms with Gasteiger partial charge in [-0.25, -0.2) is 0 Å². The molecule has 1 nitrogen and oxygen atoms in total. The SMILES string of the molecule is C=C(C)c1ccccc1.C=C/C(C)=C(\C=C(C)C)N(C(=C)CC)C1CCCC1.C=CCC. The number of hydrogen-bond acceptors (Lipinski definition) is 1. The minimum atomic E-state index is 0.618. The highest BCUT2D eigenvalue weighted by atomic mass is 15.2. The topological polar surface area (TPSA) is 3.24 Å². The molecule has 1 heteroatoms. The van der Waals surface area contributed by atoms with Gasteiger partial charge in [0.25, 0.3) is 0 Å². The van der Waals surface area contributed by atoms with Crippen LogP contribution in [0.4, 0.5) is 0 Å². The van der Waals surface area contributed by atoms with Crippen LogP contribution in [0.2, 0.25) is 0 Å². The van der Waals surface area contributed by atoms with Crippen molar-refractivity contribution < 1.29 is 0 Å². The molecule has 0 unspecified atom stereocenters. The average Bonchev–Trinajstić information content (AvgIpc) is 3.33. The zero-order valence-electron chi connectivity index (χ0n) is 21.7. The number of nitrogens with zero attached hydrogens (tertiary/aromatic N) is 1. The van der Waals surface area contributed by atoms with E-state index in [1.54, 1.807) is 0 Å². The molecular formula is C31H47N. The molecule has 1 saturated carbocycles. The molecule has 0 spiro atoms. The zero-order chi connectivity index (χ0) is 24.5. The van der Waals surface area contributed by atoms with E-state index in [1.165, 1.54) is 53.8 Å². The van der Waals surface area contributed by atoms with Gasteiger partial charge in [0.05, 0.1) is 0 Å². The molecule has 0 heterocycles. The van der Waals surface area contributed by atoms with Crippen LogP contribution >= 0.6 is 0 Å². The Morgan fingerprint density at radius 3 is 1.84 bits per heavy atom. The summed E-state index contributed by atoms with van der Waals surface area (Å²) in [6.45, 7) is 28.2. The van der Waals surface area contributed by atoms with Crippen molar-refractivity contribution >= 4 is 5.57 Å². The highest BCUT2D eigenvalue weighted by molar-refractivity contribution is 5.60. The standard InChI is InChI=1S/C18H29N.C9H10.C4H8/c1-7-15(5)18(13-14(3)4)19(16(6)8-2)17-11-9-10-12-17;1-8(2)9-6-4-3-5-7-9;1-3-4-2/h7,13,17H,1,6,8-12H2,2-5H3;3-7H,1H2,2H3;3H,1,4H2,2H3/b18-15+;;. The lowest BCUT2D eigenvalue weighted by Crippen LogP contribution is -2.31. The van der Waals surface area contributed by atoms with Crippen LogP contribution in [0.3, 0.4) is 0 Å². The Hall–Kier alpha value is -2.54. The second-order valence-electron chi connectivity index (χ2n) is 8.57. The summed E-state index contributed by atoms with van der Waals surface area (Å²) in [5.41, 5.74) is 7.41. The second kappa shape index (κ2) is 17.1. The molecule has 0 N–H and O–H groups in total. The lowest BCUT2D eigenvalue weighted by Gasteiger charge is -2.34. The predicted molar refractivity (Wildman–Crippen MR) is 147 cm³/mol. The molecule has 1 aromatic carbocycles. The fourth-order valence-corrected chi connectivity index (χ4v) is 3.43. The lowest BCUT2D eigenvalue weighted by atomic mass is 10.1. The molecule has 1 fully saturated rings. The van der Waals surface area contributed by atoms with Crippen molar-refractivity contribution in [2.24, 2.45) is 0 Å². The third kappa shape index (κ3) is 11.2. The Labute approximate surface area is 199 Å². The third-order valence-corrected chi connectivity index (χ3v) is 5.39. The normalized spacial score (nSPS) is 13.3. The number of benzene rings is 1. The van der Waals surface area contributed by atoms with E-state index in [4.69, 9.17) is 0 Å². The maximum atomic E-state index is 4.29. The highest BCUT2D eigenvalue weighted by Gasteiger charge is 2.25. The number of hydrogen-bond donors (Lipinski definition) is 0. The lowest BCUT2D eigenvalue weighted by molar-refractivity contribution is 0.316. The second-order valence-corrected chi connectivity index (χ2v) is 8.57. The van der Waals surface area contributed by atoms with Crippen LogP contribution in [0.15, 0.2) is 97.4 Å². The summed E-state index contributed by atoms with van der Waals surface area (Å²) in [6.07, 6.45) is 13.4. The molecule has 0 aliphatic heterocycles. The first-order valence-corrected chi connectivity index (χ1v) is 12.0. The van der Waals surface area contributed by atoms with E-state index in [2.05, 4.69) is 84.0 Å². The summed E-state index contributed by atoms with van der Waals surface area (Å²) in [4.78, 5) is 2.47. The Morgan fingerprint density at radius 2 is 1.50 bits per heavy atom. The number of rotatable bonds is 8. The Bertz CT molecular complexity index is 766. The monoisotopic (exact) mass is 433 g/mol. The van der Waals surface area contributed by atoms with Crippen LogP contribution < -0.4 is 0 Å². The third-order valence-electron chi connectivity index (χ3n) is 5.39. The van der Waals surface area contributed by atoms with Gasteiger partial charge < -0.3 is 4.90 Å². The molecule has 0 amide bonds. The van der Waals surface area contributed by atoms with Gasteiger partial charge in [-0.1, -0.05) is 100 Å². The molecule has 176 valence electrons. The van der Waals surface area contributed by atoms with Crippen LogP contribution in [0.25, 0.3) is 5.57 Å². The van der Waals surface area contributed by atoms with Crippen molar-refractivity contribution in [3.63, 3.8) is 0 Å². The van der Waals surface area contributed by atoms with E-state index in [9.17, 15) is 0 Å². The first-order chi connectivity index (χ1) is 15.2. The van der Waals surface area contributed by atoms with Crippen LogP contribution in [-0.4, -0.2) is 10.9 Å². The van der Waals surface area contributed by atoms with E-state index in [1.807, 2.05) is 37.3 Å². The molecule has 0 saturated heterocycles. The van der Waals surface area contributed by atoms with Crippen molar-refractivity contribution in [3.8, 4) is 0 Å². The molecule has 0 aromatic heterocycles. The van der Waals surface area contributed by atoms with E-state index >= 15 is 0 Å². The van der Waals surface area contributed by atoms with Gasteiger partial charge in [-0.05, 0) is 70.6 Å². The van der Waals surface area contributed by atoms with Crippen molar-refractivity contribution in [2.45, 2.75) is 86.1 Å². The number of allylic oxidation sites excluding steroid dienone is 7. The summed E-state index contributed by atoms with van der Waals surface area (Å²) in [7, 11) is 0. The smallest absolute Gasteiger partial charge is 0.0439 e. The Morgan fingerprint density at radius 1 is 0.969 bits per heavy atom. The maximum absolute atomic E-state index is 4.29. The summed E-state index contributed by atoms with van der Waals surface area (Å²) < 4.78 is 0. The highest BCUT2D eigenvalue weighted by Crippen LogP contribution is 2.32. The quantitative estimate of drug-likeness (QED) is 0.291. The molecule has 1 aliphatic rings. The molecule has 0 bridgehead atoms. The molecule has 1 aliphatic carbocycles. The van der Waals surface area contributed by atoms with E-state index in [0.717, 1.165) is 18.4 Å². The summed E-state index contributed by atoms with van der Waals surface area (Å²) in [5, 5.41) is 0. The van der Waals surface area contributed by atoms with E-state index < -0.39 is 0 Å². The van der Waals surface area contributed by atoms with Crippen molar-refractivity contribution in [1.82, 2.24) is 4.90 Å². The van der Waals surface area contributed by atoms with Gasteiger partial charge in [0.1, 0.15) is 0 Å². The minimum Gasteiger partial charge on any atom is -0.342 e. The fourth-order valence-electron chi connectivity index (χ4n) is 3.43.